The van der Waals surface area contributed by atoms with E-state index >= 15 is 0 Å². The van der Waals surface area contributed by atoms with Gasteiger partial charge in [-0.15, -0.1) is 0 Å². The highest BCUT2D eigenvalue weighted by Crippen LogP contribution is 2.19. The van der Waals surface area contributed by atoms with Gasteiger partial charge in [0.1, 0.15) is 0 Å². The monoisotopic (exact) mass is 251 g/mol. The number of hydrogen-bond acceptors (Lipinski definition) is 3. The van der Waals surface area contributed by atoms with Crippen LogP contribution >= 0.6 is 0 Å². The Morgan fingerprint density at radius 3 is 2.44 bits per heavy atom. The standard InChI is InChI=1S/C14H25N3O/c1-7-17-13(18)11(9-15-10(2)3)8-12(16-17)14(4,5)6/h8,10,15H,7,9H2,1-6H3. The molecule has 0 saturated heterocycles. The lowest BCUT2D eigenvalue weighted by Gasteiger charge is -2.20. The number of aryl methyl sites for hydroxylation is 1. The molecule has 0 aliphatic rings. The van der Waals surface area contributed by atoms with Crippen LogP contribution < -0.4 is 10.9 Å². The average molecular weight is 251 g/mol. The van der Waals surface area contributed by atoms with Crippen LogP contribution in [0.15, 0.2) is 10.9 Å². The summed E-state index contributed by atoms with van der Waals surface area (Å²) in [7, 11) is 0. The maximum absolute atomic E-state index is 12.2. The maximum Gasteiger partial charge on any atom is 0.271 e. The van der Waals surface area contributed by atoms with Crippen molar-refractivity contribution in [3.8, 4) is 0 Å². The molecule has 102 valence electrons. The molecule has 18 heavy (non-hydrogen) atoms. The van der Waals surface area contributed by atoms with Crippen LogP contribution in [0.2, 0.25) is 0 Å². The molecular weight excluding hydrogens is 226 g/mol. The normalized spacial score (nSPS) is 12.2. The molecular formula is C14H25N3O. The van der Waals surface area contributed by atoms with Crippen molar-refractivity contribution in [1.29, 1.82) is 0 Å². The molecule has 0 atom stereocenters. The van der Waals surface area contributed by atoms with Gasteiger partial charge >= 0.3 is 0 Å². The third-order valence-electron chi connectivity index (χ3n) is 2.82. The zero-order valence-corrected chi connectivity index (χ0v) is 12.4. The van der Waals surface area contributed by atoms with Crippen molar-refractivity contribution in [1.82, 2.24) is 15.1 Å². The molecule has 0 aromatic carbocycles. The van der Waals surface area contributed by atoms with E-state index in [0.29, 0.717) is 19.1 Å². The summed E-state index contributed by atoms with van der Waals surface area (Å²) in [6.07, 6.45) is 0. The molecule has 1 heterocycles. The minimum Gasteiger partial charge on any atom is -0.310 e. The lowest BCUT2D eigenvalue weighted by Crippen LogP contribution is -2.33. The van der Waals surface area contributed by atoms with Crippen molar-refractivity contribution >= 4 is 0 Å². The molecule has 0 amide bonds. The lowest BCUT2D eigenvalue weighted by atomic mass is 9.91. The van der Waals surface area contributed by atoms with Gasteiger partial charge in [0.2, 0.25) is 0 Å². The number of hydrogen-bond donors (Lipinski definition) is 1. The van der Waals surface area contributed by atoms with E-state index in [1.165, 1.54) is 0 Å². The first-order valence-electron chi connectivity index (χ1n) is 6.60. The minimum atomic E-state index is -0.0444. The van der Waals surface area contributed by atoms with Crippen molar-refractivity contribution in [2.75, 3.05) is 0 Å². The number of nitrogens with one attached hydrogen (secondary N) is 1. The van der Waals surface area contributed by atoms with Crippen molar-refractivity contribution in [2.24, 2.45) is 0 Å². The van der Waals surface area contributed by atoms with Crippen LogP contribution in [0.25, 0.3) is 0 Å². The lowest BCUT2D eigenvalue weighted by molar-refractivity contribution is 0.500. The summed E-state index contributed by atoms with van der Waals surface area (Å²) in [5.41, 5.74) is 1.73. The molecule has 0 bridgehead atoms. The van der Waals surface area contributed by atoms with Gasteiger partial charge in [0, 0.05) is 30.1 Å². The molecule has 1 aromatic heterocycles. The van der Waals surface area contributed by atoms with E-state index in [9.17, 15) is 4.79 Å². The van der Waals surface area contributed by atoms with Crippen molar-refractivity contribution < 1.29 is 0 Å². The first kappa shape index (κ1) is 14.9. The Labute approximate surface area is 109 Å². The Morgan fingerprint density at radius 2 is 2.00 bits per heavy atom. The Balaban J connectivity index is 3.19. The molecule has 1 aromatic rings. The number of nitrogens with zero attached hydrogens (tertiary/aromatic N) is 2. The van der Waals surface area contributed by atoms with Gasteiger partial charge in [-0.25, -0.2) is 4.68 Å². The van der Waals surface area contributed by atoms with Gasteiger partial charge in [-0.2, -0.15) is 5.10 Å². The van der Waals surface area contributed by atoms with Crippen molar-refractivity contribution in [2.45, 2.75) is 66.1 Å². The van der Waals surface area contributed by atoms with Crippen LogP contribution in [0, 0.1) is 0 Å². The van der Waals surface area contributed by atoms with Crippen LogP contribution in [0.3, 0.4) is 0 Å². The Bertz CT molecular complexity index is 455. The zero-order chi connectivity index (χ0) is 13.9. The third kappa shape index (κ3) is 3.67. The van der Waals surface area contributed by atoms with Gasteiger partial charge in [0.05, 0.1) is 5.69 Å². The van der Waals surface area contributed by atoms with E-state index in [1.807, 2.05) is 13.0 Å². The molecule has 1 N–H and O–H groups in total. The van der Waals surface area contributed by atoms with E-state index in [2.05, 4.69) is 45.0 Å². The summed E-state index contributed by atoms with van der Waals surface area (Å²) in [5.74, 6) is 0. The SMILES string of the molecule is CCn1nc(C(C)(C)C)cc(CNC(C)C)c1=O. The second-order valence-electron chi connectivity index (χ2n) is 5.96. The van der Waals surface area contributed by atoms with Gasteiger partial charge in [0.25, 0.3) is 5.56 Å². The summed E-state index contributed by atoms with van der Waals surface area (Å²) in [6.45, 7) is 13.6. The molecule has 4 nitrogen and oxygen atoms in total. The van der Waals surface area contributed by atoms with E-state index in [4.69, 9.17) is 0 Å². The molecule has 0 unspecified atom stereocenters. The highest BCUT2D eigenvalue weighted by atomic mass is 16.1. The molecule has 0 aliphatic heterocycles. The van der Waals surface area contributed by atoms with E-state index in [0.717, 1.165) is 11.3 Å². The topological polar surface area (TPSA) is 46.9 Å². The fraction of sp³-hybridized carbons (Fsp3) is 0.714. The first-order chi connectivity index (χ1) is 8.25. The van der Waals surface area contributed by atoms with Gasteiger partial charge in [-0.1, -0.05) is 34.6 Å². The van der Waals surface area contributed by atoms with E-state index < -0.39 is 0 Å². The fourth-order valence-corrected chi connectivity index (χ4v) is 1.62. The van der Waals surface area contributed by atoms with E-state index in [1.54, 1.807) is 4.68 Å². The van der Waals surface area contributed by atoms with Crippen LogP contribution in [0.1, 0.15) is 52.8 Å². The average Bonchev–Trinajstić information content (AvgIpc) is 2.26. The van der Waals surface area contributed by atoms with E-state index in [-0.39, 0.29) is 11.0 Å². The molecule has 0 saturated carbocycles. The zero-order valence-electron chi connectivity index (χ0n) is 12.4. The van der Waals surface area contributed by atoms with Gasteiger partial charge < -0.3 is 5.32 Å². The van der Waals surface area contributed by atoms with Gasteiger partial charge in [0.15, 0.2) is 0 Å². The number of aromatic nitrogens is 2. The summed E-state index contributed by atoms with van der Waals surface area (Å²) in [5, 5.41) is 7.72. The summed E-state index contributed by atoms with van der Waals surface area (Å²) in [4.78, 5) is 12.2. The fourth-order valence-electron chi connectivity index (χ4n) is 1.62. The van der Waals surface area contributed by atoms with Crippen LogP contribution in [0.5, 0.6) is 0 Å². The van der Waals surface area contributed by atoms with Crippen molar-refractivity contribution in [3.05, 3.63) is 27.7 Å². The van der Waals surface area contributed by atoms with Gasteiger partial charge in [-0.3, -0.25) is 4.79 Å². The Hall–Kier alpha value is -1.16. The molecule has 0 fully saturated rings. The van der Waals surface area contributed by atoms with Gasteiger partial charge in [-0.05, 0) is 13.0 Å². The minimum absolute atomic E-state index is 0.0126. The van der Waals surface area contributed by atoms with Crippen LogP contribution in [-0.4, -0.2) is 15.8 Å². The highest BCUT2D eigenvalue weighted by Gasteiger charge is 2.18. The Kier molecular flexibility index (Phi) is 4.68. The molecule has 0 aliphatic carbocycles. The quantitative estimate of drug-likeness (QED) is 0.891. The third-order valence-corrected chi connectivity index (χ3v) is 2.82. The smallest absolute Gasteiger partial charge is 0.271 e. The first-order valence-corrected chi connectivity index (χ1v) is 6.60. The highest BCUT2D eigenvalue weighted by molar-refractivity contribution is 5.19. The second kappa shape index (κ2) is 5.65. The largest absolute Gasteiger partial charge is 0.310 e. The summed E-state index contributed by atoms with van der Waals surface area (Å²) >= 11 is 0. The molecule has 0 spiro atoms. The van der Waals surface area contributed by atoms with Crippen LogP contribution in [0.4, 0.5) is 0 Å². The summed E-state index contributed by atoms with van der Waals surface area (Å²) in [6, 6.07) is 2.30. The molecule has 4 heteroatoms. The predicted molar refractivity (Wildman–Crippen MR) is 74.8 cm³/mol. The molecule has 1 rings (SSSR count). The Morgan fingerprint density at radius 1 is 1.39 bits per heavy atom. The maximum atomic E-state index is 12.2. The summed E-state index contributed by atoms with van der Waals surface area (Å²) < 4.78 is 1.55. The second-order valence-corrected chi connectivity index (χ2v) is 5.96. The molecule has 0 radical (unpaired) electrons. The van der Waals surface area contributed by atoms with Crippen LogP contribution in [-0.2, 0) is 18.5 Å². The predicted octanol–water partition coefficient (Wildman–Crippen LogP) is 2.06. The van der Waals surface area contributed by atoms with Crippen molar-refractivity contribution in [3.63, 3.8) is 0 Å². The number of rotatable bonds is 4.